The maximum Gasteiger partial charge on any atom is 0.255 e. The molecule has 5 nitrogen and oxygen atoms in total. The Morgan fingerprint density at radius 3 is 2.67 bits per heavy atom. The minimum absolute atomic E-state index is 0.0278. The van der Waals surface area contributed by atoms with Crippen LogP contribution in [0.25, 0.3) is 0 Å². The Kier molecular flexibility index (Phi) is 6.12. The Morgan fingerprint density at radius 1 is 1.15 bits per heavy atom. The molecule has 1 atom stereocenters. The van der Waals surface area contributed by atoms with Crippen molar-refractivity contribution in [2.45, 2.75) is 26.7 Å². The van der Waals surface area contributed by atoms with Gasteiger partial charge in [0.25, 0.3) is 5.91 Å². The van der Waals surface area contributed by atoms with E-state index in [9.17, 15) is 9.59 Å². The average Bonchev–Trinajstić information content (AvgIpc) is 2.67. The Morgan fingerprint density at radius 2 is 1.93 bits per heavy atom. The first-order valence-electron chi connectivity index (χ1n) is 9.42. The minimum atomic E-state index is -0.204. The van der Waals surface area contributed by atoms with Crippen molar-refractivity contribution in [1.82, 2.24) is 5.32 Å². The zero-order valence-electron chi connectivity index (χ0n) is 15.8. The smallest absolute Gasteiger partial charge is 0.255 e. The molecule has 1 heterocycles. The van der Waals surface area contributed by atoms with E-state index >= 15 is 0 Å². The van der Waals surface area contributed by atoms with Crippen LogP contribution in [0.15, 0.2) is 48.5 Å². The fourth-order valence-electron chi connectivity index (χ4n) is 3.06. The third-order valence-electron chi connectivity index (χ3n) is 4.65. The molecule has 5 heteroatoms. The van der Waals surface area contributed by atoms with Gasteiger partial charge in [-0.2, -0.15) is 0 Å². The van der Waals surface area contributed by atoms with E-state index < -0.39 is 0 Å². The number of hydrogen-bond acceptors (Lipinski definition) is 3. The predicted octanol–water partition coefficient (Wildman–Crippen LogP) is 3.65. The number of hydrogen-bond donors (Lipinski definition) is 2. The van der Waals surface area contributed by atoms with E-state index in [1.165, 1.54) is 0 Å². The van der Waals surface area contributed by atoms with Crippen LogP contribution in [-0.4, -0.2) is 25.0 Å². The Balaban J connectivity index is 1.63. The summed E-state index contributed by atoms with van der Waals surface area (Å²) in [5.41, 5.74) is 2.25. The lowest BCUT2D eigenvalue weighted by Crippen LogP contribution is -2.38. The van der Waals surface area contributed by atoms with Crippen molar-refractivity contribution in [3.8, 4) is 5.75 Å². The number of rotatable bonds is 6. The first-order chi connectivity index (χ1) is 13.0. The van der Waals surface area contributed by atoms with Crippen LogP contribution in [0.4, 0.5) is 5.69 Å². The number of carbonyl (C=O) groups excluding carboxylic acids is 2. The van der Waals surface area contributed by atoms with Gasteiger partial charge in [-0.15, -0.1) is 0 Å². The minimum Gasteiger partial charge on any atom is -0.492 e. The Bertz CT molecular complexity index is 802. The van der Waals surface area contributed by atoms with Gasteiger partial charge in [-0.25, -0.2) is 0 Å². The lowest BCUT2D eigenvalue weighted by molar-refractivity contribution is -0.126. The van der Waals surface area contributed by atoms with E-state index in [0.717, 1.165) is 17.7 Å². The van der Waals surface area contributed by atoms with E-state index in [4.69, 9.17) is 4.74 Å². The second-order valence-electron chi connectivity index (χ2n) is 7.33. The molecule has 2 amide bonds. The molecule has 2 N–H and O–H groups in total. The maximum atomic E-state index is 12.4. The van der Waals surface area contributed by atoms with E-state index in [0.29, 0.717) is 36.7 Å². The fourth-order valence-corrected chi connectivity index (χ4v) is 3.06. The molecule has 0 spiro atoms. The summed E-state index contributed by atoms with van der Waals surface area (Å²) in [4.78, 5) is 24.7. The second-order valence-corrected chi connectivity index (χ2v) is 7.33. The van der Waals surface area contributed by atoms with Gasteiger partial charge in [0.15, 0.2) is 0 Å². The van der Waals surface area contributed by atoms with Crippen molar-refractivity contribution in [2.24, 2.45) is 11.8 Å². The highest BCUT2D eigenvalue weighted by atomic mass is 16.5. The Labute approximate surface area is 160 Å². The van der Waals surface area contributed by atoms with Gasteiger partial charge in [0.05, 0.1) is 5.92 Å². The molecule has 0 bridgehead atoms. The van der Waals surface area contributed by atoms with E-state index in [1.807, 2.05) is 36.4 Å². The number of fused-ring (bicyclic) bond motifs is 1. The monoisotopic (exact) mass is 366 g/mol. The van der Waals surface area contributed by atoms with E-state index in [2.05, 4.69) is 24.5 Å². The third-order valence-corrected chi connectivity index (χ3v) is 4.65. The van der Waals surface area contributed by atoms with Gasteiger partial charge in [0.1, 0.15) is 12.4 Å². The van der Waals surface area contributed by atoms with Crippen LogP contribution in [0.2, 0.25) is 0 Å². The number of carbonyl (C=O) groups is 2. The van der Waals surface area contributed by atoms with Gasteiger partial charge in [-0.1, -0.05) is 32.0 Å². The summed E-state index contributed by atoms with van der Waals surface area (Å²) in [6.07, 6.45) is 1.57. The zero-order chi connectivity index (χ0) is 19.2. The zero-order valence-corrected chi connectivity index (χ0v) is 15.8. The van der Waals surface area contributed by atoms with E-state index in [-0.39, 0.29) is 17.7 Å². The first-order valence-corrected chi connectivity index (χ1v) is 9.42. The van der Waals surface area contributed by atoms with Crippen LogP contribution >= 0.6 is 0 Å². The second kappa shape index (κ2) is 8.71. The van der Waals surface area contributed by atoms with Crippen LogP contribution in [-0.2, 0) is 11.2 Å². The Hall–Kier alpha value is -2.82. The fraction of sp³-hybridized carbons (Fsp3) is 0.364. The molecule has 0 fully saturated rings. The quantitative estimate of drug-likeness (QED) is 0.820. The van der Waals surface area contributed by atoms with Gasteiger partial charge in [0, 0.05) is 17.8 Å². The predicted molar refractivity (Wildman–Crippen MR) is 106 cm³/mol. The normalized spacial score (nSPS) is 15.6. The van der Waals surface area contributed by atoms with Crippen molar-refractivity contribution in [3.05, 3.63) is 59.7 Å². The summed E-state index contributed by atoms with van der Waals surface area (Å²) >= 11 is 0. The number of amides is 2. The molecule has 2 aromatic carbocycles. The molecular formula is C22H26N2O3. The summed E-state index contributed by atoms with van der Waals surface area (Å²) in [5.74, 6) is 1.00. The molecule has 1 aliphatic rings. The molecule has 1 aliphatic heterocycles. The molecule has 0 aliphatic carbocycles. The van der Waals surface area contributed by atoms with E-state index in [1.54, 1.807) is 12.1 Å². The SMILES string of the molecule is CC(C)CCNC(=O)C1COc2ccc(NC(=O)c3ccccc3)cc2C1. The van der Waals surface area contributed by atoms with Gasteiger partial charge in [-0.05, 0) is 54.7 Å². The van der Waals surface area contributed by atoms with Crippen molar-refractivity contribution in [3.63, 3.8) is 0 Å². The lowest BCUT2D eigenvalue weighted by Gasteiger charge is -2.25. The highest BCUT2D eigenvalue weighted by Gasteiger charge is 2.26. The standard InChI is InChI=1S/C22H26N2O3/c1-15(2)10-11-23-21(25)18-12-17-13-19(8-9-20(17)27-14-18)24-22(26)16-6-4-3-5-7-16/h3-9,13,15,18H,10-12,14H2,1-2H3,(H,23,25)(H,24,26). The number of ether oxygens (including phenoxy) is 1. The van der Waals surface area contributed by atoms with Crippen LogP contribution in [0.3, 0.4) is 0 Å². The summed E-state index contributed by atoms with van der Waals surface area (Å²) in [5, 5.41) is 5.90. The summed E-state index contributed by atoms with van der Waals surface area (Å²) in [7, 11) is 0. The average molecular weight is 366 g/mol. The van der Waals surface area contributed by atoms with Crippen molar-refractivity contribution in [2.75, 3.05) is 18.5 Å². The molecule has 142 valence electrons. The molecule has 2 aromatic rings. The third kappa shape index (κ3) is 5.09. The topological polar surface area (TPSA) is 67.4 Å². The van der Waals surface area contributed by atoms with Gasteiger partial charge >= 0.3 is 0 Å². The van der Waals surface area contributed by atoms with Crippen molar-refractivity contribution < 1.29 is 14.3 Å². The number of benzene rings is 2. The molecule has 3 rings (SSSR count). The number of anilines is 1. The summed E-state index contributed by atoms with van der Waals surface area (Å²) in [6, 6.07) is 14.6. The molecule has 27 heavy (non-hydrogen) atoms. The molecular weight excluding hydrogens is 340 g/mol. The molecule has 0 radical (unpaired) electrons. The van der Waals surface area contributed by atoms with Gasteiger partial charge < -0.3 is 15.4 Å². The highest BCUT2D eigenvalue weighted by Crippen LogP contribution is 2.30. The van der Waals surface area contributed by atoms with Crippen molar-refractivity contribution >= 4 is 17.5 Å². The van der Waals surface area contributed by atoms with Crippen LogP contribution < -0.4 is 15.4 Å². The van der Waals surface area contributed by atoms with Crippen LogP contribution in [0, 0.1) is 11.8 Å². The lowest BCUT2D eigenvalue weighted by atomic mass is 9.95. The largest absolute Gasteiger partial charge is 0.492 e. The number of nitrogens with one attached hydrogen (secondary N) is 2. The molecule has 0 saturated heterocycles. The summed E-state index contributed by atoms with van der Waals surface area (Å²) in [6.45, 7) is 5.35. The maximum absolute atomic E-state index is 12.4. The first kappa shape index (κ1) is 19.0. The van der Waals surface area contributed by atoms with Gasteiger partial charge in [0.2, 0.25) is 5.91 Å². The summed E-state index contributed by atoms with van der Waals surface area (Å²) < 4.78 is 5.76. The molecule has 1 unspecified atom stereocenters. The van der Waals surface area contributed by atoms with Crippen molar-refractivity contribution in [1.29, 1.82) is 0 Å². The molecule has 0 aromatic heterocycles. The van der Waals surface area contributed by atoms with Crippen LogP contribution in [0.1, 0.15) is 36.2 Å². The van der Waals surface area contributed by atoms with Gasteiger partial charge in [-0.3, -0.25) is 9.59 Å². The highest BCUT2D eigenvalue weighted by molar-refractivity contribution is 6.04. The molecule has 0 saturated carbocycles. The van der Waals surface area contributed by atoms with Crippen LogP contribution in [0.5, 0.6) is 5.75 Å².